The number of methoxy groups -OCH3 is 1. The van der Waals surface area contributed by atoms with E-state index in [-0.39, 0.29) is 23.7 Å². The second-order valence-corrected chi connectivity index (χ2v) is 6.89. The molecule has 29 heavy (non-hydrogen) atoms. The van der Waals surface area contributed by atoms with Crippen LogP contribution < -0.4 is 4.74 Å². The first-order valence-electron chi connectivity index (χ1n) is 9.30. The summed E-state index contributed by atoms with van der Waals surface area (Å²) in [4.78, 5) is 37.0. The second kappa shape index (κ2) is 8.87. The number of hydrogen-bond acceptors (Lipinski definition) is 7. The minimum Gasteiger partial charge on any atom is -0.507 e. The number of aliphatic hydroxyl groups is 1. The topological polar surface area (TPSA) is 110 Å². The highest BCUT2D eigenvalue weighted by molar-refractivity contribution is 6.43. The minimum absolute atomic E-state index is 0.0438. The number of ketones is 2. The van der Waals surface area contributed by atoms with Gasteiger partial charge in [-0.2, -0.15) is 0 Å². The Bertz CT molecular complexity index is 910. The lowest BCUT2D eigenvalue weighted by Crippen LogP contribution is -2.29. The predicted molar refractivity (Wildman–Crippen MR) is 105 cm³/mol. The van der Waals surface area contributed by atoms with Gasteiger partial charge in [-0.15, -0.1) is 0 Å². The van der Waals surface area contributed by atoms with Gasteiger partial charge in [-0.25, -0.2) is 4.79 Å². The minimum atomic E-state index is -1.50. The molecule has 3 rings (SSSR count). The SMILES string of the molecule is COc1cc(O)c2c(c1)/C=C/C[C@H](O)C(=O)C(=O)/C=C\[C@H]1CCC=CC1OC2=O. The van der Waals surface area contributed by atoms with E-state index in [2.05, 4.69) is 0 Å². The van der Waals surface area contributed by atoms with Crippen LogP contribution in [0.15, 0.2) is 42.5 Å². The van der Waals surface area contributed by atoms with Gasteiger partial charge in [0.15, 0.2) is 0 Å². The summed E-state index contributed by atoms with van der Waals surface area (Å²) in [5, 5.41) is 20.4. The molecule has 0 aromatic heterocycles. The first-order chi connectivity index (χ1) is 13.9. The van der Waals surface area contributed by atoms with E-state index >= 15 is 0 Å². The summed E-state index contributed by atoms with van der Waals surface area (Å²) in [5.74, 6) is -2.72. The molecule has 1 aromatic carbocycles. The van der Waals surface area contributed by atoms with E-state index in [4.69, 9.17) is 9.47 Å². The van der Waals surface area contributed by atoms with Crippen LogP contribution in [0.5, 0.6) is 11.5 Å². The van der Waals surface area contributed by atoms with Crippen molar-refractivity contribution in [2.24, 2.45) is 5.92 Å². The van der Waals surface area contributed by atoms with Gasteiger partial charge in [0.1, 0.15) is 29.3 Å². The summed E-state index contributed by atoms with van der Waals surface area (Å²) in [5.41, 5.74) is 0.263. The van der Waals surface area contributed by atoms with Gasteiger partial charge < -0.3 is 19.7 Å². The summed E-state index contributed by atoms with van der Waals surface area (Å²) in [6.07, 6.45) is 8.24. The zero-order valence-corrected chi connectivity index (χ0v) is 15.9. The zero-order chi connectivity index (χ0) is 21.0. The van der Waals surface area contributed by atoms with Gasteiger partial charge in [-0.05, 0) is 43.0 Å². The third-order valence-electron chi connectivity index (χ3n) is 4.92. The Kier molecular flexibility index (Phi) is 6.29. The van der Waals surface area contributed by atoms with Crippen LogP contribution >= 0.6 is 0 Å². The maximum Gasteiger partial charge on any atom is 0.343 e. The molecule has 1 aliphatic heterocycles. The average molecular weight is 398 g/mol. The largest absolute Gasteiger partial charge is 0.507 e. The molecule has 0 spiro atoms. The monoisotopic (exact) mass is 398 g/mol. The van der Waals surface area contributed by atoms with Gasteiger partial charge >= 0.3 is 5.97 Å². The first kappa shape index (κ1) is 20.5. The molecule has 0 saturated carbocycles. The number of rotatable bonds is 1. The smallest absolute Gasteiger partial charge is 0.343 e. The van der Waals surface area contributed by atoms with Gasteiger partial charge in [0.2, 0.25) is 11.6 Å². The number of phenolic OH excluding ortho intramolecular Hbond substituents is 1. The van der Waals surface area contributed by atoms with Gasteiger partial charge in [0.05, 0.1) is 7.11 Å². The Labute approximate surface area is 167 Å². The highest BCUT2D eigenvalue weighted by Gasteiger charge is 2.28. The van der Waals surface area contributed by atoms with E-state index in [0.29, 0.717) is 17.7 Å². The lowest BCUT2D eigenvalue weighted by atomic mass is 9.90. The van der Waals surface area contributed by atoms with Crippen molar-refractivity contribution in [1.82, 2.24) is 0 Å². The lowest BCUT2D eigenvalue weighted by Gasteiger charge is -2.25. The number of hydrogen-bond donors (Lipinski definition) is 2. The second-order valence-electron chi connectivity index (χ2n) is 6.89. The molecular weight excluding hydrogens is 376 g/mol. The molecule has 1 unspecified atom stereocenters. The van der Waals surface area contributed by atoms with Crippen molar-refractivity contribution >= 4 is 23.6 Å². The number of benzene rings is 1. The van der Waals surface area contributed by atoms with Crippen LogP contribution in [0.25, 0.3) is 6.08 Å². The Hall–Kier alpha value is -3.19. The van der Waals surface area contributed by atoms with Crippen LogP contribution in [-0.2, 0) is 14.3 Å². The van der Waals surface area contributed by atoms with Crippen LogP contribution in [-0.4, -0.2) is 47.1 Å². The first-order valence-corrected chi connectivity index (χ1v) is 9.30. The van der Waals surface area contributed by atoms with Crippen molar-refractivity contribution in [3.05, 3.63) is 53.6 Å². The van der Waals surface area contributed by atoms with E-state index < -0.39 is 29.7 Å². The number of aliphatic hydroxyl groups excluding tert-OH is 1. The number of aromatic hydroxyl groups is 1. The summed E-state index contributed by atoms with van der Waals surface area (Å²) < 4.78 is 10.7. The molecule has 0 bridgehead atoms. The highest BCUT2D eigenvalue weighted by Crippen LogP contribution is 2.32. The summed E-state index contributed by atoms with van der Waals surface area (Å²) in [6, 6.07) is 2.84. The molecular formula is C22H22O7. The fourth-order valence-electron chi connectivity index (χ4n) is 3.32. The van der Waals surface area contributed by atoms with Crippen LogP contribution in [0, 0.1) is 5.92 Å². The molecule has 7 nitrogen and oxygen atoms in total. The standard InChI is InChI=1S/C22H22O7/c1-28-15-11-14-6-4-7-16(23)21(26)17(24)10-9-13-5-2-3-8-19(13)29-22(27)20(14)18(25)12-15/h3-4,6,8-13,16,19,23,25H,2,5,7H2,1H3/b6-4+,10-9-/t13-,16+,19?/m1/s1. The van der Waals surface area contributed by atoms with Crippen molar-refractivity contribution < 1.29 is 34.1 Å². The van der Waals surface area contributed by atoms with E-state index in [9.17, 15) is 24.6 Å². The lowest BCUT2D eigenvalue weighted by molar-refractivity contribution is -0.139. The van der Waals surface area contributed by atoms with Gasteiger partial charge in [-0.1, -0.05) is 24.3 Å². The third kappa shape index (κ3) is 4.63. The maximum absolute atomic E-state index is 12.8. The zero-order valence-electron chi connectivity index (χ0n) is 15.9. The molecule has 0 fully saturated rings. The van der Waals surface area contributed by atoms with Gasteiger partial charge in [0, 0.05) is 12.0 Å². The molecule has 3 atom stereocenters. The number of carbonyl (C=O) groups is 3. The van der Waals surface area contributed by atoms with Gasteiger partial charge in [0.25, 0.3) is 0 Å². The summed E-state index contributed by atoms with van der Waals surface area (Å²) in [7, 11) is 1.42. The quantitative estimate of drug-likeness (QED) is 0.424. The molecule has 0 amide bonds. The van der Waals surface area contributed by atoms with E-state index in [0.717, 1.165) is 12.5 Å². The van der Waals surface area contributed by atoms with Crippen LogP contribution in [0.4, 0.5) is 0 Å². The normalized spacial score (nSPS) is 27.2. The number of Topliss-reactive ketones (excluding diaryl/α,β-unsaturated/α-hetero) is 1. The van der Waals surface area contributed by atoms with E-state index in [1.807, 2.05) is 6.08 Å². The number of phenols is 1. The van der Waals surface area contributed by atoms with E-state index in [1.165, 1.54) is 37.5 Å². The Morgan fingerprint density at radius 3 is 2.66 bits per heavy atom. The number of ether oxygens (including phenoxy) is 2. The molecule has 0 saturated heterocycles. The molecule has 2 aliphatic rings. The van der Waals surface area contributed by atoms with E-state index in [1.54, 1.807) is 6.08 Å². The fourth-order valence-corrected chi connectivity index (χ4v) is 3.32. The third-order valence-corrected chi connectivity index (χ3v) is 4.92. The Morgan fingerprint density at radius 2 is 1.90 bits per heavy atom. The molecule has 0 radical (unpaired) electrons. The highest BCUT2D eigenvalue weighted by atomic mass is 16.5. The van der Waals surface area contributed by atoms with Crippen molar-refractivity contribution in [3.63, 3.8) is 0 Å². The van der Waals surface area contributed by atoms with Gasteiger partial charge in [-0.3, -0.25) is 9.59 Å². The number of fused-ring (bicyclic) bond motifs is 2. The van der Waals surface area contributed by atoms with Crippen molar-refractivity contribution in [1.29, 1.82) is 0 Å². The average Bonchev–Trinajstić information content (AvgIpc) is 2.71. The van der Waals surface area contributed by atoms with Crippen molar-refractivity contribution in [2.45, 2.75) is 31.5 Å². The fraction of sp³-hybridized carbons (Fsp3) is 0.318. The number of esters is 1. The number of carbonyl (C=O) groups excluding carboxylic acids is 3. The Balaban J connectivity index is 2.06. The van der Waals surface area contributed by atoms with Crippen molar-refractivity contribution in [2.75, 3.05) is 7.11 Å². The molecule has 1 aromatic rings. The molecule has 2 N–H and O–H groups in total. The predicted octanol–water partition coefficient (Wildman–Crippen LogP) is 2.36. The maximum atomic E-state index is 12.8. The summed E-state index contributed by atoms with van der Waals surface area (Å²) in [6.45, 7) is 0. The molecule has 1 aliphatic carbocycles. The van der Waals surface area contributed by atoms with Crippen LogP contribution in [0.1, 0.15) is 35.2 Å². The number of allylic oxidation sites excluding steroid dienone is 2. The molecule has 152 valence electrons. The van der Waals surface area contributed by atoms with Crippen molar-refractivity contribution in [3.8, 4) is 11.5 Å². The van der Waals surface area contributed by atoms with Crippen LogP contribution in [0.2, 0.25) is 0 Å². The summed E-state index contributed by atoms with van der Waals surface area (Å²) >= 11 is 0. The molecule has 7 heteroatoms. The molecule has 1 heterocycles. The van der Waals surface area contributed by atoms with Crippen LogP contribution in [0.3, 0.4) is 0 Å². The Morgan fingerprint density at radius 1 is 1.10 bits per heavy atom.